The second-order valence-electron chi connectivity index (χ2n) is 3.97. The minimum Gasteiger partial charge on any atom is -0.355 e. The Labute approximate surface area is 115 Å². The van der Waals surface area contributed by atoms with Crippen molar-refractivity contribution in [1.29, 1.82) is 0 Å². The number of hydrogen-bond donors (Lipinski definition) is 2. The maximum absolute atomic E-state index is 11.7. The van der Waals surface area contributed by atoms with E-state index in [2.05, 4.69) is 26.6 Å². The number of carbonyl (C=O) groups excluding carboxylic acids is 2. The van der Waals surface area contributed by atoms with Crippen LogP contribution in [0.4, 0.5) is 5.69 Å². The van der Waals surface area contributed by atoms with Crippen molar-refractivity contribution in [2.24, 2.45) is 0 Å². The van der Waals surface area contributed by atoms with Gasteiger partial charge in [-0.2, -0.15) is 0 Å². The van der Waals surface area contributed by atoms with Gasteiger partial charge in [-0.1, -0.05) is 22.9 Å². The number of alkyl halides is 1. The molecule has 5 heteroatoms. The average Bonchev–Trinajstić information content (AvgIpc) is 2.38. The van der Waals surface area contributed by atoms with Crippen molar-refractivity contribution < 1.29 is 9.59 Å². The third kappa shape index (κ3) is 3.57. The molecule has 1 unspecified atom stereocenters. The molecule has 18 heavy (non-hydrogen) atoms. The molecule has 98 valence electrons. The van der Waals surface area contributed by atoms with Crippen LogP contribution >= 0.6 is 15.9 Å². The molecule has 0 fully saturated rings. The van der Waals surface area contributed by atoms with Gasteiger partial charge in [-0.25, -0.2) is 0 Å². The first kappa shape index (κ1) is 14.7. The third-order valence-electron chi connectivity index (χ3n) is 2.62. The molecular weight excluding hydrogens is 296 g/mol. The van der Waals surface area contributed by atoms with Gasteiger partial charge >= 0.3 is 0 Å². The van der Waals surface area contributed by atoms with Gasteiger partial charge in [0.25, 0.3) is 5.91 Å². The molecule has 0 bridgehead atoms. The standard InChI is InChI=1S/C13H17BrN2O2/c1-4-10(14)13(18)16-11-6-5-9(7-8(11)2)12(17)15-3/h5-7,10H,4H2,1-3H3,(H,15,17)(H,16,18). The molecule has 0 spiro atoms. The molecule has 0 aromatic heterocycles. The number of anilines is 1. The lowest BCUT2D eigenvalue weighted by atomic mass is 10.1. The summed E-state index contributed by atoms with van der Waals surface area (Å²) in [6, 6.07) is 5.19. The Morgan fingerprint density at radius 3 is 2.56 bits per heavy atom. The topological polar surface area (TPSA) is 58.2 Å². The Kier molecular flexibility index (Phi) is 5.34. The van der Waals surface area contributed by atoms with Crippen LogP contribution in [0, 0.1) is 6.92 Å². The van der Waals surface area contributed by atoms with Crippen LogP contribution in [0.2, 0.25) is 0 Å². The molecule has 0 aliphatic rings. The molecule has 0 radical (unpaired) electrons. The van der Waals surface area contributed by atoms with E-state index < -0.39 is 0 Å². The van der Waals surface area contributed by atoms with Crippen LogP contribution in [0.3, 0.4) is 0 Å². The number of rotatable bonds is 4. The lowest BCUT2D eigenvalue weighted by Crippen LogP contribution is -2.23. The van der Waals surface area contributed by atoms with Crippen LogP contribution in [0.15, 0.2) is 18.2 Å². The van der Waals surface area contributed by atoms with Crippen molar-refractivity contribution in [3.63, 3.8) is 0 Å². The van der Waals surface area contributed by atoms with E-state index in [1.807, 2.05) is 13.8 Å². The SMILES string of the molecule is CCC(Br)C(=O)Nc1ccc(C(=O)NC)cc1C. The summed E-state index contributed by atoms with van der Waals surface area (Å²) >= 11 is 3.30. The van der Waals surface area contributed by atoms with Crippen molar-refractivity contribution in [3.8, 4) is 0 Å². The fourth-order valence-corrected chi connectivity index (χ4v) is 1.60. The van der Waals surface area contributed by atoms with Crippen molar-refractivity contribution in [1.82, 2.24) is 5.32 Å². The number of hydrogen-bond acceptors (Lipinski definition) is 2. The van der Waals surface area contributed by atoms with Gasteiger partial charge in [-0.15, -0.1) is 0 Å². The van der Waals surface area contributed by atoms with Gasteiger partial charge in [0.15, 0.2) is 0 Å². The summed E-state index contributed by atoms with van der Waals surface area (Å²) < 4.78 is 0. The van der Waals surface area contributed by atoms with Gasteiger partial charge in [-0.05, 0) is 37.1 Å². The first-order valence-electron chi connectivity index (χ1n) is 5.77. The van der Waals surface area contributed by atoms with Crippen molar-refractivity contribution in [2.45, 2.75) is 25.1 Å². The number of benzene rings is 1. The Morgan fingerprint density at radius 2 is 2.06 bits per heavy atom. The van der Waals surface area contributed by atoms with Crippen LogP contribution in [-0.2, 0) is 4.79 Å². The van der Waals surface area contributed by atoms with E-state index in [0.717, 1.165) is 17.7 Å². The Balaban J connectivity index is 2.86. The van der Waals surface area contributed by atoms with Gasteiger partial charge in [0.05, 0.1) is 4.83 Å². The Morgan fingerprint density at radius 1 is 1.39 bits per heavy atom. The quantitative estimate of drug-likeness (QED) is 0.839. The zero-order chi connectivity index (χ0) is 13.7. The van der Waals surface area contributed by atoms with E-state index >= 15 is 0 Å². The van der Waals surface area contributed by atoms with Crippen molar-refractivity contribution in [3.05, 3.63) is 29.3 Å². The molecule has 0 saturated carbocycles. The van der Waals surface area contributed by atoms with E-state index in [9.17, 15) is 9.59 Å². The number of aryl methyl sites for hydroxylation is 1. The molecular formula is C13H17BrN2O2. The van der Waals surface area contributed by atoms with Gasteiger partial charge in [0, 0.05) is 18.3 Å². The van der Waals surface area contributed by atoms with Crippen LogP contribution in [-0.4, -0.2) is 23.7 Å². The van der Waals surface area contributed by atoms with Gasteiger partial charge < -0.3 is 10.6 Å². The van der Waals surface area contributed by atoms with E-state index in [1.54, 1.807) is 25.2 Å². The molecule has 1 aromatic carbocycles. The first-order valence-corrected chi connectivity index (χ1v) is 6.68. The lowest BCUT2D eigenvalue weighted by molar-refractivity contribution is -0.115. The summed E-state index contributed by atoms with van der Waals surface area (Å²) in [5, 5.41) is 5.39. The van der Waals surface area contributed by atoms with E-state index in [4.69, 9.17) is 0 Å². The average molecular weight is 313 g/mol. The molecule has 1 rings (SSSR count). The molecule has 1 atom stereocenters. The van der Waals surface area contributed by atoms with E-state index in [1.165, 1.54) is 0 Å². The second-order valence-corrected chi connectivity index (χ2v) is 5.08. The molecule has 4 nitrogen and oxygen atoms in total. The number of carbonyl (C=O) groups is 2. The third-order valence-corrected chi connectivity index (χ3v) is 3.68. The largest absolute Gasteiger partial charge is 0.355 e. The van der Waals surface area contributed by atoms with E-state index in [-0.39, 0.29) is 16.6 Å². The first-order chi connectivity index (χ1) is 8.49. The molecule has 0 heterocycles. The summed E-state index contributed by atoms with van der Waals surface area (Å²) in [7, 11) is 1.59. The Bertz CT molecular complexity index is 460. The highest BCUT2D eigenvalue weighted by Crippen LogP contribution is 2.18. The maximum atomic E-state index is 11.7. The summed E-state index contributed by atoms with van der Waals surface area (Å²) in [6.07, 6.45) is 0.723. The minimum absolute atomic E-state index is 0.0757. The highest BCUT2D eigenvalue weighted by atomic mass is 79.9. The van der Waals surface area contributed by atoms with Crippen LogP contribution in [0.25, 0.3) is 0 Å². The smallest absolute Gasteiger partial charge is 0.251 e. The molecule has 0 aliphatic carbocycles. The number of nitrogens with one attached hydrogen (secondary N) is 2. The van der Waals surface area contributed by atoms with Gasteiger partial charge in [0.2, 0.25) is 5.91 Å². The highest BCUT2D eigenvalue weighted by Gasteiger charge is 2.14. The monoisotopic (exact) mass is 312 g/mol. The van der Waals surface area contributed by atoms with Crippen LogP contribution in [0.1, 0.15) is 29.3 Å². The van der Waals surface area contributed by atoms with E-state index in [0.29, 0.717) is 5.56 Å². The summed E-state index contributed by atoms with van der Waals surface area (Å²) in [6.45, 7) is 3.79. The molecule has 0 saturated heterocycles. The number of halogens is 1. The second kappa shape index (κ2) is 6.54. The van der Waals surface area contributed by atoms with Crippen molar-refractivity contribution >= 4 is 33.4 Å². The molecule has 0 aliphatic heterocycles. The Hall–Kier alpha value is -1.36. The molecule has 2 amide bonds. The van der Waals surface area contributed by atoms with Crippen molar-refractivity contribution in [2.75, 3.05) is 12.4 Å². The predicted molar refractivity (Wildman–Crippen MR) is 76.2 cm³/mol. The fraction of sp³-hybridized carbons (Fsp3) is 0.385. The van der Waals surface area contributed by atoms with Gasteiger partial charge in [-0.3, -0.25) is 9.59 Å². The maximum Gasteiger partial charge on any atom is 0.251 e. The molecule has 1 aromatic rings. The zero-order valence-corrected chi connectivity index (χ0v) is 12.3. The minimum atomic E-state index is -0.199. The normalized spacial score (nSPS) is 11.8. The van der Waals surface area contributed by atoms with Crippen LogP contribution in [0.5, 0.6) is 0 Å². The number of amides is 2. The predicted octanol–water partition coefficient (Wildman–Crippen LogP) is 2.47. The fourth-order valence-electron chi connectivity index (χ4n) is 1.49. The summed E-state index contributed by atoms with van der Waals surface area (Å²) in [4.78, 5) is 23.0. The summed E-state index contributed by atoms with van der Waals surface area (Å²) in [5.41, 5.74) is 2.17. The zero-order valence-electron chi connectivity index (χ0n) is 10.7. The lowest BCUT2D eigenvalue weighted by Gasteiger charge is -2.12. The highest BCUT2D eigenvalue weighted by molar-refractivity contribution is 9.10. The molecule has 2 N–H and O–H groups in total. The summed E-state index contributed by atoms with van der Waals surface area (Å²) in [5.74, 6) is -0.212. The van der Waals surface area contributed by atoms with Gasteiger partial charge in [0.1, 0.15) is 0 Å². The van der Waals surface area contributed by atoms with Crippen LogP contribution < -0.4 is 10.6 Å².